The van der Waals surface area contributed by atoms with Crippen LogP contribution in [0.5, 0.6) is 0 Å². The Morgan fingerprint density at radius 3 is 2.74 bits per heavy atom. The van der Waals surface area contributed by atoms with Gasteiger partial charge in [0.15, 0.2) is 5.82 Å². The van der Waals surface area contributed by atoms with Gasteiger partial charge in [-0.05, 0) is 53.3 Å². The van der Waals surface area contributed by atoms with Gasteiger partial charge in [0.05, 0.1) is 15.9 Å². The summed E-state index contributed by atoms with van der Waals surface area (Å²) in [5.41, 5.74) is 2.87. The number of benzene rings is 1. The lowest BCUT2D eigenvalue weighted by molar-refractivity contribution is 0.181. The summed E-state index contributed by atoms with van der Waals surface area (Å²) in [6.45, 7) is 2.44. The molecule has 19 heavy (non-hydrogen) atoms. The van der Waals surface area contributed by atoms with Gasteiger partial charge in [0.25, 0.3) is 0 Å². The van der Waals surface area contributed by atoms with Crippen LogP contribution in [0.3, 0.4) is 0 Å². The van der Waals surface area contributed by atoms with Crippen LogP contribution in [-0.2, 0) is 11.3 Å². The van der Waals surface area contributed by atoms with Gasteiger partial charge >= 0.3 is 0 Å². The minimum absolute atomic E-state index is 0.420. The van der Waals surface area contributed by atoms with Crippen LogP contribution in [0.4, 0.5) is 0 Å². The molecule has 0 aliphatic rings. The van der Waals surface area contributed by atoms with Crippen molar-refractivity contribution in [2.24, 2.45) is 0 Å². The first-order chi connectivity index (χ1) is 9.02. The summed E-state index contributed by atoms with van der Waals surface area (Å²) in [7, 11) is 1.64. The summed E-state index contributed by atoms with van der Waals surface area (Å²) < 4.78 is 7.01. The highest BCUT2D eigenvalue weighted by Crippen LogP contribution is 2.27. The lowest BCUT2D eigenvalue weighted by atomic mass is 10.1. The van der Waals surface area contributed by atoms with Crippen molar-refractivity contribution in [2.45, 2.75) is 13.5 Å². The lowest BCUT2D eigenvalue weighted by Gasteiger charge is -2.09. The molecule has 2 rings (SSSR count). The Morgan fingerprint density at radius 1 is 1.37 bits per heavy atom. The van der Waals surface area contributed by atoms with Crippen LogP contribution in [0.25, 0.3) is 11.4 Å². The Hall–Kier alpha value is -0.240. The fraction of sp³-hybridized carbons (Fsp3) is 0.231. The van der Waals surface area contributed by atoms with E-state index in [0.717, 1.165) is 24.9 Å². The summed E-state index contributed by atoms with van der Waals surface area (Å²) in [6.07, 6.45) is 0. The lowest BCUT2D eigenvalue weighted by Crippen LogP contribution is -2.02. The third-order valence-corrected chi connectivity index (χ3v) is 4.81. The molecular formula is C13H11BrClIN2O. The standard InChI is InChI=1S/C13H11BrClIN2O/c1-7-5-8(14)3-4-9(7)13-17-10(6-19-2)11(16)12(15)18-13/h3-5H,6H2,1-2H3. The first-order valence-electron chi connectivity index (χ1n) is 5.50. The monoisotopic (exact) mass is 452 g/mol. The molecule has 0 saturated carbocycles. The summed E-state index contributed by atoms with van der Waals surface area (Å²) in [4.78, 5) is 8.89. The number of ether oxygens (including phenoxy) is 1. The number of aromatic nitrogens is 2. The van der Waals surface area contributed by atoms with Crippen molar-refractivity contribution in [3.8, 4) is 11.4 Å². The Kier molecular flexibility index (Phi) is 5.16. The molecule has 0 atom stereocenters. The van der Waals surface area contributed by atoms with E-state index in [1.54, 1.807) is 7.11 Å². The van der Waals surface area contributed by atoms with Gasteiger partial charge in [-0.2, -0.15) is 0 Å². The molecule has 0 unspecified atom stereocenters. The van der Waals surface area contributed by atoms with E-state index >= 15 is 0 Å². The van der Waals surface area contributed by atoms with Crippen molar-refractivity contribution < 1.29 is 4.74 Å². The number of halogens is 3. The van der Waals surface area contributed by atoms with Crippen molar-refractivity contribution >= 4 is 50.1 Å². The van der Waals surface area contributed by atoms with Gasteiger partial charge in [-0.3, -0.25) is 0 Å². The van der Waals surface area contributed by atoms with Crippen LogP contribution in [0.15, 0.2) is 22.7 Å². The molecule has 100 valence electrons. The Bertz CT molecular complexity index is 622. The van der Waals surface area contributed by atoms with E-state index in [1.807, 2.05) is 25.1 Å². The van der Waals surface area contributed by atoms with E-state index in [4.69, 9.17) is 16.3 Å². The van der Waals surface area contributed by atoms with Gasteiger partial charge < -0.3 is 4.74 Å². The topological polar surface area (TPSA) is 35.0 Å². The van der Waals surface area contributed by atoms with Gasteiger partial charge in [0, 0.05) is 17.1 Å². The largest absolute Gasteiger partial charge is 0.378 e. The first kappa shape index (κ1) is 15.2. The molecule has 6 heteroatoms. The number of hydrogen-bond donors (Lipinski definition) is 0. The average molecular weight is 454 g/mol. The molecule has 2 aromatic rings. The third kappa shape index (κ3) is 3.45. The summed E-state index contributed by atoms with van der Waals surface area (Å²) in [5, 5.41) is 0.458. The van der Waals surface area contributed by atoms with E-state index in [0.29, 0.717) is 17.6 Å². The highest BCUT2D eigenvalue weighted by molar-refractivity contribution is 14.1. The van der Waals surface area contributed by atoms with Crippen molar-refractivity contribution in [1.82, 2.24) is 9.97 Å². The Labute approximate surface area is 139 Å². The fourth-order valence-electron chi connectivity index (χ4n) is 1.69. The van der Waals surface area contributed by atoms with Crippen LogP contribution in [-0.4, -0.2) is 17.1 Å². The smallest absolute Gasteiger partial charge is 0.161 e. The van der Waals surface area contributed by atoms with E-state index in [2.05, 4.69) is 48.5 Å². The second kappa shape index (κ2) is 6.47. The molecule has 0 aliphatic carbocycles. The highest BCUT2D eigenvalue weighted by Gasteiger charge is 2.13. The number of hydrogen-bond acceptors (Lipinski definition) is 3. The third-order valence-electron chi connectivity index (χ3n) is 2.59. The Balaban J connectivity index is 2.56. The molecule has 0 N–H and O–H groups in total. The first-order valence-corrected chi connectivity index (χ1v) is 7.75. The molecule has 0 saturated heterocycles. The molecule has 1 heterocycles. The molecule has 1 aromatic carbocycles. The molecule has 0 radical (unpaired) electrons. The minimum atomic E-state index is 0.420. The molecule has 0 amide bonds. The molecule has 0 fully saturated rings. The molecule has 0 bridgehead atoms. The van der Waals surface area contributed by atoms with Crippen LogP contribution in [0.1, 0.15) is 11.3 Å². The van der Waals surface area contributed by atoms with Gasteiger partial charge in [-0.1, -0.05) is 27.5 Å². The zero-order valence-electron chi connectivity index (χ0n) is 10.4. The van der Waals surface area contributed by atoms with Crippen LogP contribution in [0, 0.1) is 10.5 Å². The summed E-state index contributed by atoms with van der Waals surface area (Å²) in [5.74, 6) is 0.627. The number of methoxy groups -OCH3 is 1. The van der Waals surface area contributed by atoms with Crippen molar-refractivity contribution in [2.75, 3.05) is 7.11 Å². The maximum Gasteiger partial charge on any atom is 0.161 e. The molecule has 0 aliphatic heterocycles. The van der Waals surface area contributed by atoms with E-state index in [9.17, 15) is 0 Å². The quantitative estimate of drug-likeness (QED) is 0.503. The predicted octanol–water partition coefficient (Wildman–Crippen LogP) is 4.62. The molecule has 0 spiro atoms. The minimum Gasteiger partial charge on any atom is -0.378 e. The van der Waals surface area contributed by atoms with Crippen molar-refractivity contribution in [3.05, 3.63) is 42.7 Å². The maximum atomic E-state index is 6.16. The van der Waals surface area contributed by atoms with Gasteiger partial charge in [-0.25, -0.2) is 9.97 Å². The van der Waals surface area contributed by atoms with Gasteiger partial charge in [0.1, 0.15) is 5.15 Å². The zero-order valence-corrected chi connectivity index (χ0v) is 14.9. The number of aryl methyl sites for hydroxylation is 1. The second-order valence-electron chi connectivity index (χ2n) is 3.99. The molecule has 1 aromatic heterocycles. The van der Waals surface area contributed by atoms with Gasteiger partial charge in [0.2, 0.25) is 0 Å². The Morgan fingerprint density at radius 2 is 2.11 bits per heavy atom. The molecular weight excluding hydrogens is 442 g/mol. The summed E-state index contributed by atoms with van der Waals surface area (Å²) >= 11 is 11.7. The normalized spacial score (nSPS) is 10.8. The SMILES string of the molecule is COCc1nc(-c2ccc(Br)cc2C)nc(Cl)c1I. The van der Waals surface area contributed by atoms with Crippen molar-refractivity contribution in [1.29, 1.82) is 0 Å². The van der Waals surface area contributed by atoms with E-state index < -0.39 is 0 Å². The van der Waals surface area contributed by atoms with Crippen molar-refractivity contribution in [3.63, 3.8) is 0 Å². The number of rotatable bonds is 3. The molecule has 3 nitrogen and oxygen atoms in total. The van der Waals surface area contributed by atoms with Crippen LogP contribution in [0.2, 0.25) is 5.15 Å². The maximum absolute atomic E-state index is 6.16. The summed E-state index contributed by atoms with van der Waals surface area (Å²) in [6, 6.07) is 5.97. The predicted molar refractivity (Wildman–Crippen MR) is 88.3 cm³/mol. The second-order valence-corrected chi connectivity index (χ2v) is 6.34. The van der Waals surface area contributed by atoms with Crippen LogP contribution >= 0.6 is 50.1 Å². The van der Waals surface area contributed by atoms with E-state index in [-0.39, 0.29) is 0 Å². The average Bonchev–Trinajstić information content (AvgIpc) is 2.35. The number of nitrogens with zero attached hydrogens (tertiary/aromatic N) is 2. The highest BCUT2D eigenvalue weighted by atomic mass is 127. The zero-order chi connectivity index (χ0) is 14.0. The fourth-order valence-corrected chi connectivity index (χ4v) is 2.76. The van der Waals surface area contributed by atoms with E-state index in [1.165, 1.54) is 0 Å². The van der Waals surface area contributed by atoms with Gasteiger partial charge in [-0.15, -0.1) is 0 Å². The van der Waals surface area contributed by atoms with Crippen LogP contribution < -0.4 is 0 Å².